The Labute approximate surface area is 117 Å². The molecule has 112 valence electrons. The third-order valence-electron chi connectivity index (χ3n) is 2.46. The van der Waals surface area contributed by atoms with Crippen LogP contribution in [-0.4, -0.2) is 13.4 Å². The fourth-order valence-corrected chi connectivity index (χ4v) is 2.67. The highest BCUT2D eigenvalue weighted by atomic mass is 32.2. The van der Waals surface area contributed by atoms with E-state index in [0.29, 0.717) is 12.1 Å². The Morgan fingerprint density at radius 2 is 1.86 bits per heavy atom. The molecule has 4 nitrogen and oxygen atoms in total. The van der Waals surface area contributed by atoms with Gasteiger partial charge in [0.25, 0.3) is 10.0 Å². The zero-order chi connectivity index (χ0) is 15.7. The first-order valence-corrected chi connectivity index (χ1v) is 6.98. The molecule has 2 rings (SSSR count). The van der Waals surface area contributed by atoms with Crippen LogP contribution in [0.25, 0.3) is 0 Å². The molecule has 0 spiro atoms. The van der Waals surface area contributed by atoms with Crippen molar-refractivity contribution in [3.63, 3.8) is 0 Å². The molecule has 0 fully saturated rings. The normalized spacial score (nSPS) is 12.2. The van der Waals surface area contributed by atoms with E-state index in [0.717, 1.165) is 6.20 Å². The van der Waals surface area contributed by atoms with Crippen molar-refractivity contribution >= 4 is 15.7 Å². The van der Waals surface area contributed by atoms with Crippen LogP contribution in [-0.2, 0) is 16.2 Å². The van der Waals surface area contributed by atoms with Crippen LogP contribution in [0.2, 0.25) is 0 Å². The molecule has 1 N–H and O–H groups in total. The summed E-state index contributed by atoms with van der Waals surface area (Å²) in [6.45, 7) is 0. The number of hydrogen-bond acceptors (Lipinski definition) is 3. The molecule has 1 aromatic carbocycles. The van der Waals surface area contributed by atoms with Crippen LogP contribution >= 0.6 is 0 Å². The van der Waals surface area contributed by atoms with Crippen molar-refractivity contribution in [2.45, 2.75) is 11.1 Å². The molecule has 0 saturated heterocycles. The summed E-state index contributed by atoms with van der Waals surface area (Å²) in [7, 11) is -4.49. The number of sulfonamides is 1. The van der Waals surface area contributed by atoms with E-state index in [2.05, 4.69) is 4.98 Å². The van der Waals surface area contributed by atoms with Crippen molar-refractivity contribution in [3.8, 4) is 0 Å². The van der Waals surface area contributed by atoms with Gasteiger partial charge in [0.2, 0.25) is 0 Å². The number of nitrogens with zero attached hydrogens (tertiary/aromatic N) is 1. The molecular weight excluding hydrogens is 312 g/mol. The molecule has 1 heterocycles. The first-order valence-electron chi connectivity index (χ1n) is 5.50. The Balaban J connectivity index is 2.45. The standard InChI is InChI=1S/C12H8F4N2O2S/c13-10-4-3-8(12(14,15)16)6-11(10)21(19,20)18-9-2-1-5-17-7-9/h1-7,18H. The van der Waals surface area contributed by atoms with Crippen molar-refractivity contribution < 1.29 is 26.0 Å². The first kappa shape index (κ1) is 15.2. The van der Waals surface area contributed by atoms with E-state index in [9.17, 15) is 26.0 Å². The molecule has 0 bridgehead atoms. The van der Waals surface area contributed by atoms with Gasteiger partial charge in [-0.3, -0.25) is 9.71 Å². The van der Waals surface area contributed by atoms with Crippen LogP contribution in [0.5, 0.6) is 0 Å². The number of pyridine rings is 1. The number of anilines is 1. The Kier molecular flexibility index (Phi) is 3.86. The number of halogens is 4. The smallest absolute Gasteiger partial charge is 0.278 e. The number of hydrogen-bond donors (Lipinski definition) is 1. The highest BCUT2D eigenvalue weighted by Crippen LogP contribution is 2.31. The van der Waals surface area contributed by atoms with Crippen LogP contribution in [0, 0.1) is 5.82 Å². The second-order valence-corrected chi connectivity index (χ2v) is 5.64. The lowest BCUT2D eigenvalue weighted by Gasteiger charge is -2.11. The summed E-state index contributed by atoms with van der Waals surface area (Å²) in [4.78, 5) is 2.56. The fourth-order valence-electron chi connectivity index (χ4n) is 1.52. The lowest BCUT2D eigenvalue weighted by molar-refractivity contribution is -0.137. The van der Waals surface area contributed by atoms with E-state index in [1.165, 1.54) is 18.3 Å². The van der Waals surface area contributed by atoms with Gasteiger partial charge in [-0.15, -0.1) is 0 Å². The van der Waals surface area contributed by atoms with Gasteiger partial charge in [0.05, 0.1) is 17.4 Å². The molecular formula is C12H8F4N2O2S. The third kappa shape index (κ3) is 3.48. The van der Waals surface area contributed by atoms with Gasteiger partial charge in [-0.1, -0.05) is 0 Å². The van der Waals surface area contributed by atoms with Gasteiger partial charge in [-0.05, 0) is 30.3 Å². The van der Waals surface area contributed by atoms with Gasteiger partial charge >= 0.3 is 6.18 Å². The Morgan fingerprint density at radius 1 is 1.14 bits per heavy atom. The Morgan fingerprint density at radius 3 is 2.43 bits per heavy atom. The number of alkyl halides is 3. The van der Waals surface area contributed by atoms with E-state index in [1.54, 1.807) is 0 Å². The topological polar surface area (TPSA) is 59.1 Å². The Bertz CT molecular complexity index is 746. The maximum absolute atomic E-state index is 13.6. The summed E-state index contributed by atoms with van der Waals surface area (Å²) in [6, 6.07) is 3.92. The molecule has 1 aromatic heterocycles. The van der Waals surface area contributed by atoms with E-state index in [1.807, 2.05) is 4.72 Å². The molecule has 0 amide bonds. The first-order chi connectivity index (χ1) is 9.70. The summed E-state index contributed by atoms with van der Waals surface area (Å²) in [5.74, 6) is -1.28. The summed E-state index contributed by atoms with van der Waals surface area (Å²) >= 11 is 0. The largest absolute Gasteiger partial charge is 0.416 e. The second-order valence-electron chi connectivity index (χ2n) is 3.99. The molecule has 0 saturated carbocycles. The highest BCUT2D eigenvalue weighted by Gasteiger charge is 2.33. The summed E-state index contributed by atoms with van der Waals surface area (Å²) in [5, 5.41) is 0. The summed E-state index contributed by atoms with van der Waals surface area (Å²) in [5.41, 5.74) is -1.25. The number of nitrogens with one attached hydrogen (secondary N) is 1. The maximum atomic E-state index is 13.6. The van der Waals surface area contributed by atoms with E-state index >= 15 is 0 Å². The monoisotopic (exact) mass is 320 g/mol. The molecule has 0 atom stereocenters. The average Bonchev–Trinajstić information content (AvgIpc) is 2.38. The van der Waals surface area contributed by atoms with Crippen molar-refractivity contribution in [1.82, 2.24) is 4.98 Å². The molecule has 0 aliphatic carbocycles. The van der Waals surface area contributed by atoms with Crippen molar-refractivity contribution in [3.05, 3.63) is 54.1 Å². The quantitative estimate of drug-likeness (QED) is 0.884. The van der Waals surface area contributed by atoms with Gasteiger partial charge in [0, 0.05) is 6.20 Å². The van der Waals surface area contributed by atoms with Crippen LogP contribution < -0.4 is 4.72 Å². The molecule has 0 aliphatic heterocycles. The van der Waals surface area contributed by atoms with Gasteiger partial charge in [0.15, 0.2) is 0 Å². The van der Waals surface area contributed by atoms with Crippen molar-refractivity contribution in [2.75, 3.05) is 4.72 Å². The lowest BCUT2D eigenvalue weighted by Crippen LogP contribution is -2.16. The molecule has 0 aliphatic rings. The summed E-state index contributed by atoms with van der Waals surface area (Å²) < 4.78 is 77.1. The molecule has 21 heavy (non-hydrogen) atoms. The predicted octanol–water partition coefficient (Wildman–Crippen LogP) is 3.04. The molecule has 0 unspecified atom stereocenters. The van der Waals surface area contributed by atoms with Crippen molar-refractivity contribution in [1.29, 1.82) is 0 Å². The zero-order valence-electron chi connectivity index (χ0n) is 10.2. The van der Waals surface area contributed by atoms with Gasteiger partial charge < -0.3 is 0 Å². The van der Waals surface area contributed by atoms with Crippen molar-refractivity contribution in [2.24, 2.45) is 0 Å². The predicted molar refractivity (Wildman–Crippen MR) is 66.4 cm³/mol. The van der Waals surface area contributed by atoms with Crippen LogP contribution in [0.3, 0.4) is 0 Å². The summed E-state index contributed by atoms with van der Waals surface area (Å²) in [6.07, 6.45) is -2.25. The SMILES string of the molecule is O=S(=O)(Nc1cccnc1)c1cc(C(F)(F)F)ccc1F. The molecule has 0 radical (unpaired) electrons. The minimum atomic E-state index is -4.77. The minimum absolute atomic E-state index is 0.00862. The van der Waals surface area contributed by atoms with E-state index in [4.69, 9.17) is 0 Å². The van der Waals surface area contributed by atoms with E-state index in [-0.39, 0.29) is 11.8 Å². The zero-order valence-corrected chi connectivity index (χ0v) is 11.0. The number of benzene rings is 1. The van der Waals surface area contributed by atoms with Gasteiger partial charge in [-0.2, -0.15) is 13.2 Å². The third-order valence-corrected chi connectivity index (χ3v) is 3.86. The molecule has 9 heteroatoms. The number of aromatic nitrogens is 1. The van der Waals surface area contributed by atoms with Gasteiger partial charge in [-0.25, -0.2) is 12.8 Å². The highest BCUT2D eigenvalue weighted by molar-refractivity contribution is 7.92. The van der Waals surface area contributed by atoms with Crippen LogP contribution in [0.4, 0.5) is 23.2 Å². The second kappa shape index (κ2) is 5.32. The average molecular weight is 320 g/mol. The van der Waals surface area contributed by atoms with Crippen LogP contribution in [0.1, 0.15) is 5.56 Å². The van der Waals surface area contributed by atoms with Gasteiger partial charge in [0.1, 0.15) is 10.7 Å². The maximum Gasteiger partial charge on any atom is 0.416 e. The van der Waals surface area contributed by atoms with E-state index < -0.39 is 32.5 Å². The Hall–Kier alpha value is -2.16. The fraction of sp³-hybridized carbons (Fsp3) is 0.0833. The number of rotatable bonds is 3. The molecule has 2 aromatic rings. The van der Waals surface area contributed by atoms with Crippen LogP contribution in [0.15, 0.2) is 47.6 Å². The lowest BCUT2D eigenvalue weighted by atomic mass is 10.2. The minimum Gasteiger partial charge on any atom is -0.278 e.